The Kier molecular flexibility index (Phi) is 6.45. The first kappa shape index (κ1) is 11.5. The van der Waals surface area contributed by atoms with Crippen molar-refractivity contribution in [1.29, 1.82) is 0 Å². The summed E-state index contributed by atoms with van der Waals surface area (Å²) in [6, 6.07) is 5.99. The summed E-state index contributed by atoms with van der Waals surface area (Å²) in [7, 11) is 0. The fourth-order valence-corrected chi connectivity index (χ4v) is 2.04. The summed E-state index contributed by atoms with van der Waals surface area (Å²) in [5.41, 5.74) is 0. The molecular weight excluding hydrogens is 194 g/mol. The first-order valence-electron chi connectivity index (χ1n) is 5.08. The Morgan fingerprint density at radius 2 is 2.00 bits per heavy atom. The van der Waals surface area contributed by atoms with E-state index in [9.17, 15) is 0 Å². The van der Waals surface area contributed by atoms with Gasteiger partial charge < -0.3 is 5.11 Å². The number of hydrogen-bond donors (Lipinski definition) is 1. The second kappa shape index (κ2) is 7.83. The normalized spacial score (nSPS) is 10.4. The Hall–Kier alpha value is -0.540. The SMILES string of the molecule is OCCCCCCSc1ccccn1. The Labute approximate surface area is 89.8 Å². The van der Waals surface area contributed by atoms with E-state index in [0.29, 0.717) is 6.61 Å². The highest BCUT2D eigenvalue weighted by Gasteiger charge is 1.93. The molecule has 1 rings (SSSR count). The molecule has 0 saturated heterocycles. The molecule has 0 bridgehead atoms. The molecular formula is C11H17NOS. The topological polar surface area (TPSA) is 33.1 Å². The molecule has 0 spiro atoms. The van der Waals surface area contributed by atoms with Gasteiger partial charge in [0.15, 0.2) is 0 Å². The van der Waals surface area contributed by atoms with E-state index in [0.717, 1.165) is 23.6 Å². The lowest BCUT2D eigenvalue weighted by Crippen LogP contribution is -1.86. The van der Waals surface area contributed by atoms with Gasteiger partial charge in [0.1, 0.15) is 0 Å². The van der Waals surface area contributed by atoms with Crippen molar-refractivity contribution in [2.24, 2.45) is 0 Å². The largest absolute Gasteiger partial charge is 0.396 e. The van der Waals surface area contributed by atoms with Crippen LogP contribution in [0.15, 0.2) is 29.4 Å². The summed E-state index contributed by atoms with van der Waals surface area (Å²) < 4.78 is 0. The molecule has 0 amide bonds. The number of rotatable bonds is 7. The van der Waals surface area contributed by atoms with Gasteiger partial charge in [-0.25, -0.2) is 4.98 Å². The summed E-state index contributed by atoms with van der Waals surface area (Å²) >= 11 is 1.80. The molecule has 3 heteroatoms. The van der Waals surface area contributed by atoms with E-state index in [4.69, 9.17) is 5.11 Å². The Balaban J connectivity index is 1.99. The lowest BCUT2D eigenvalue weighted by atomic mass is 10.2. The minimum Gasteiger partial charge on any atom is -0.396 e. The van der Waals surface area contributed by atoms with Crippen molar-refractivity contribution in [1.82, 2.24) is 4.98 Å². The Morgan fingerprint density at radius 3 is 2.71 bits per heavy atom. The molecule has 0 saturated carbocycles. The maximum absolute atomic E-state index is 8.59. The van der Waals surface area contributed by atoms with Crippen molar-refractivity contribution in [3.05, 3.63) is 24.4 Å². The van der Waals surface area contributed by atoms with Crippen LogP contribution in [0.5, 0.6) is 0 Å². The van der Waals surface area contributed by atoms with Gasteiger partial charge in [0, 0.05) is 12.8 Å². The van der Waals surface area contributed by atoms with Gasteiger partial charge >= 0.3 is 0 Å². The van der Waals surface area contributed by atoms with Crippen LogP contribution in [0.25, 0.3) is 0 Å². The third kappa shape index (κ3) is 5.25. The number of aliphatic hydroxyl groups is 1. The maximum atomic E-state index is 8.59. The van der Waals surface area contributed by atoms with E-state index in [1.807, 2.05) is 24.4 Å². The summed E-state index contributed by atoms with van der Waals surface area (Å²) in [5, 5.41) is 9.69. The van der Waals surface area contributed by atoms with E-state index in [2.05, 4.69) is 4.98 Å². The summed E-state index contributed by atoms with van der Waals surface area (Å²) in [6.07, 6.45) is 6.32. The lowest BCUT2D eigenvalue weighted by molar-refractivity contribution is 0.283. The number of aliphatic hydroxyl groups excluding tert-OH is 1. The molecule has 78 valence electrons. The lowest BCUT2D eigenvalue weighted by Gasteiger charge is -2.00. The van der Waals surface area contributed by atoms with Crippen molar-refractivity contribution in [3.8, 4) is 0 Å². The molecule has 2 nitrogen and oxygen atoms in total. The van der Waals surface area contributed by atoms with Crippen molar-refractivity contribution >= 4 is 11.8 Å². The third-order valence-electron chi connectivity index (χ3n) is 1.94. The molecule has 1 aromatic rings. The number of hydrogen-bond acceptors (Lipinski definition) is 3. The first-order chi connectivity index (χ1) is 6.93. The van der Waals surface area contributed by atoms with Crippen LogP contribution in [0.4, 0.5) is 0 Å². The number of pyridine rings is 1. The van der Waals surface area contributed by atoms with Gasteiger partial charge in [-0.2, -0.15) is 0 Å². The highest BCUT2D eigenvalue weighted by atomic mass is 32.2. The molecule has 0 aliphatic heterocycles. The van der Waals surface area contributed by atoms with Crippen LogP contribution in [0, 0.1) is 0 Å². The first-order valence-corrected chi connectivity index (χ1v) is 6.07. The highest BCUT2D eigenvalue weighted by molar-refractivity contribution is 7.99. The number of nitrogens with zero attached hydrogens (tertiary/aromatic N) is 1. The van der Waals surface area contributed by atoms with Crippen LogP contribution in [0.3, 0.4) is 0 Å². The minimum atomic E-state index is 0.327. The number of unbranched alkanes of at least 4 members (excludes halogenated alkanes) is 3. The van der Waals surface area contributed by atoms with E-state index < -0.39 is 0 Å². The third-order valence-corrected chi connectivity index (χ3v) is 2.97. The van der Waals surface area contributed by atoms with Crippen LogP contribution in [0.2, 0.25) is 0 Å². The molecule has 14 heavy (non-hydrogen) atoms. The van der Waals surface area contributed by atoms with Gasteiger partial charge in [-0.3, -0.25) is 0 Å². The molecule has 0 radical (unpaired) electrons. The summed E-state index contributed by atoms with van der Waals surface area (Å²) in [4.78, 5) is 4.24. The monoisotopic (exact) mass is 211 g/mol. The summed E-state index contributed by atoms with van der Waals surface area (Å²) in [6.45, 7) is 0.327. The molecule has 0 aromatic carbocycles. The quantitative estimate of drug-likeness (QED) is 0.556. The average molecular weight is 211 g/mol. The maximum Gasteiger partial charge on any atom is 0.0959 e. The fourth-order valence-electron chi connectivity index (χ4n) is 1.18. The molecule has 0 aliphatic rings. The Morgan fingerprint density at radius 1 is 1.14 bits per heavy atom. The zero-order valence-electron chi connectivity index (χ0n) is 8.35. The molecule has 0 fully saturated rings. The van der Waals surface area contributed by atoms with Crippen molar-refractivity contribution in [2.45, 2.75) is 30.7 Å². The molecule has 0 unspecified atom stereocenters. The molecule has 0 atom stereocenters. The van der Waals surface area contributed by atoms with Crippen LogP contribution in [-0.4, -0.2) is 22.5 Å². The van der Waals surface area contributed by atoms with Crippen molar-refractivity contribution in [2.75, 3.05) is 12.4 Å². The highest BCUT2D eigenvalue weighted by Crippen LogP contribution is 2.16. The molecule has 1 N–H and O–H groups in total. The molecule has 0 aliphatic carbocycles. The van der Waals surface area contributed by atoms with Gasteiger partial charge in [0.2, 0.25) is 0 Å². The van der Waals surface area contributed by atoms with E-state index in [-0.39, 0.29) is 0 Å². The minimum absolute atomic E-state index is 0.327. The van der Waals surface area contributed by atoms with E-state index in [1.54, 1.807) is 11.8 Å². The molecule has 1 aromatic heterocycles. The van der Waals surface area contributed by atoms with Gasteiger partial charge in [0.25, 0.3) is 0 Å². The zero-order valence-corrected chi connectivity index (χ0v) is 9.17. The Bertz CT molecular complexity index is 228. The van der Waals surface area contributed by atoms with Crippen LogP contribution < -0.4 is 0 Å². The second-order valence-electron chi connectivity index (χ2n) is 3.15. The fraction of sp³-hybridized carbons (Fsp3) is 0.545. The van der Waals surface area contributed by atoms with Crippen molar-refractivity contribution in [3.63, 3.8) is 0 Å². The number of aromatic nitrogens is 1. The predicted molar refractivity (Wildman–Crippen MR) is 60.5 cm³/mol. The van der Waals surface area contributed by atoms with Crippen LogP contribution in [0.1, 0.15) is 25.7 Å². The van der Waals surface area contributed by atoms with Crippen LogP contribution in [-0.2, 0) is 0 Å². The predicted octanol–water partition coefficient (Wildman–Crippen LogP) is 2.73. The second-order valence-corrected chi connectivity index (χ2v) is 4.27. The average Bonchev–Trinajstić information content (AvgIpc) is 2.25. The van der Waals surface area contributed by atoms with Gasteiger partial charge in [-0.15, -0.1) is 11.8 Å². The standard InChI is InChI=1S/C11H17NOS/c13-9-5-1-2-6-10-14-11-7-3-4-8-12-11/h3-4,7-8,13H,1-2,5-6,9-10H2. The van der Waals surface area contributed by atoms with Gasteiger partial charge in [-0.1, -0.05) is 18.9 Å². The van der Waals surface area contributed by atoms with Gasteiger partial charge in [0.05, 0.1) is 5.03 Å². The van der Waals surface area contributed by atoms with Gasteiger partial charge in [-0.05, 0) is 30.7 Å². The zero-order chi connectivity index (χ0) is 10.1. The van der Waals surface area contributed by atoms with E-state index in [1.165, 1.54) is 12.8 Å². The summed E-state index contributed by atoms with van der Waals surface area (Å²) in [5.74, 6) is 1.13. The van der Waals surface area contributed by atoms with Crippen LogP contribution >= 0.6 is 11.8 Å². The van der Waals surface area contributed by atoms with E-state index >= 15 is 0 Å². The number of thioether (sulfide) groups is 1. The van der Waals surface area contributed by atoms with Crippen molar-refractivity contribution < 1.29 is 5.11 Å². The smallest absolute Gasteiger partial charge is 0.0959 e. The molecule has 1 heterocycles.